The van der Waals surface area contributed by atoms with E-state index in [9.17, 15) is 4.79 Å². The standard InChI is InChI=1S/C20H22N4O/c1-15-5-3-6-19(22-15)17-7-9-18(10-8-17)20(25)23-16(2)11-14-24-13-4-12-21-24/h3-10,12-13,16H,11,14H2,1-2H3,(H,23,25)/t16-/m1/s1. The van der Waals surface area contributed by atoms with Gasteiger partial charge in [0.2, 0.25) is 0 Å². The number of carbonyl (C=O) groups excluding carboxylic acids is 1. The number of aromatic nitrogens is 3. The highest BCUT2D eigenvalue weighted by molar-refractivity contribution is 5.94. The molecule has 0 saturated carbocycles. The molecule has 3 aromatic rings. The summed E-state index contributed by atoms with van der Waals surface area (Å²) < 4.78 is 1.87. The SMILES string of the molecule is Cc1cccc(-c2ccc(C(=O)N[C@H](C)CCn3cccn3)cc2)n1. The molecule has 0 spiro atoms. The van der Waals surface area contributed by atoms with E-state index in [0.29, 0.717) is 5.56 Å². The van der Waals surface area contributed by atoms with Crippen molar-refractivity contribution in [2.75, 3.05) is 0 Å². The van der Waals surface area contributed by atoms with Crippen LogP contribution in [0, 0.1) is 6.92 Å². The fourth-order valence-electron chi connectivity index (χ4n) is 2.63. The van der Waals surface area contributed by atoms with Crippen LogP contribution in [0.1, 0.15) is 29.4 Å². The summed E-state index contributed by atoms with van der Waals surface area (Å²) >= 11 is 0. The molecule has 0 aliphatic rings. The average molecular weight is 334 g/mol. The average Bonchev–Trinajstić information content (AvgIpc) is 3.14. The Kier molecular flexibility index (Phi) is 5.23. The minimum Gasteiger partial charge on any atom is -0.350 e. The second-order valence-electron chi connectivity index (χ2n) is 6.17. The molecule has 0 unspecified atom stereocenters. The van der Waals surface area contributed by atoms with Crippen molar-refractivity contribution in [3.8, 4) is 11.3 Å². The third-order valence-corrected chi connectivity index (χ3v) is 4.06. The fourth-order valence-corrected chi connectivity index (χ4v) is 2.63. The highest BCUT2D eigenvalue weighted by Crippen LogP contribution is 2.18. The predicted octanol–water partition coefficient (Wildman–Crippen LogP) is 3.46. The number of nitrogens with zero attached hydrogens (tertiary/aromatic N) is 3. The van der Waals surface area contributed by atoms with E-state index in [1.807, 2.05) is 73.3 Å². The molecule has 128 valence electrons. The number of nitrogens with one attached hydrogen (secondary N) is 1. The summed E-state index contributed by atoms with van der Waals surface area (Å²) in [4.78, 5) is 16.9. The van der Waals surface area contributed by atoms with E-state index >= 15 is 0 Å². The molecule has 1 amide bonds. The van der Waals surface area contributed by atoms with Crippen molar-refractivity contribution in [3.63, 3.8) is 0 Å². The van der Waals surface area contributed by atoms with Crippen molar-refractivity contribution < 1.29 is 4.79 Å². The van der Waals surface area contributed by atoms with Crippen LogP contribution in [-0.2, 0) is 6.54 Å². The van der Waals surface area contributed by atoms with Gasteiger partial charge in [0.1, 0.15) is 0 Å². The minimum absolute atomic E-state index is 0.0586. The van der Waals surface area contributed by atoms with Crippen LogP contribution in [-0.4, -0.2) is 26.7 Å². The third kappa shape index (κ3) is 4.53. The van der Waals surface area contributed by atoms with Gasteiger partial charge in [-0.1, -0.05) is 18.2 Å². The Hall–Kier alpha value is -2.95. The maximum absolute atomic E-state index is 12.4. The van der Waals surface area contributed by atoms with E-state index in [-0.39, 0.29) is 11.9 Å². The van der Waals surface area contributed by atoms with Gasteiger partial charge in [-0.05, 0) is 50.6 Å². The Morgan fingerprint density at radius 3 is 2.64 bits per heavy atom. The molecule has 2 heterocycles. The van der Waals surface area contributed by atoms with Crippen LogP contribution in [0.3, 0.4) is 0 Å². The van der Waals surface area contributed by atoms with Gasteiger partial charge >= 0.3 is 0 Å². The van der Waals surface area contributed by atoms with Crippen LogP contribution >= 0.6 is 0 Å². The van der Waals surface area contributed by atoms with Gasteiger partial charge in [0, 0.05) is 41.8 Å². The number of rotatable bonds is 6. The van der Waals surface area contributed by atoms with Crippen molar-refractivity contribution in [3.05, 3.63) is 72.2 Å². The summed E-state index contributed by atoms with van der Waals surface area (Å²) in [6.45, 7) is 4.76. The molecule has 1 atom stereocenters. The lowest BCUT2D eigenvalue weighted by molar-refractivity contribution is 0.0937. The smallest absolute Gasteiger partial charge is 0.251 e. The lowest BCUT2D eigenvalue weighted by atomic mass is 10.1. The first-order valence-corrected chi connectivity index (χ1v) is 8.44. The lowest BCUT2D eigenvalue weighted by Crippen LogP contribution is -2.33. The first kappa shape index (κ1) is 16.9. The van der Waals surface area contributed by atoms with Gasteiger partial charge in [-0.3, -0.25) is 14.5 Å². The largest absolute Gasteiger partial charge is 0.350 e. The van der Waals surface area contributed by atoms with E-state index in [2.05, 4.69) is 15.4 Å². The minimum atomic E-state index is -0.0586. The summed E-state index contributed by atoms with van der Waals surface area (Å²) in [5.41, 5.74) is 3.55. The molecule has 0 saturated heterocycles. The molecule has 5 heteroatoms. The zero-order valence-corrected chi connectivity index (χ0v) is 14.5. The number of carbonyl (C=O) groups is 1. The zero-order chi connectivity index (χ0) is 17.6. The van der Waals surface area contributed by atoms with Gasteiger partial charge in [-0.15, -0.1) is 0 Å². The summed E-state index contributed by atoms with van der Waals surface area (Å²) in [5, 5.41) is 7.20. The predicted molar refractivity (Wildman–Crippen MR) is 98.2 cm³/mol. The molecule has 1 aromatic carbocycles. The molecule has 25 heavy (non-hydrogen) atoms. The lowest BCUT2D eigenvalue weighted by Gasteiger charge is -2.14. The monoisotopic (exact) mass is 334 g/mol. The number of pyridine rings is 1. The number of amides is 1. The Labute approximate surface area is 147 Å². The first-order chi connectivity index (χ1) is 12.1. The summed E-state index contributed by atoms with van der Waals surface area (Å²) in [6, 6.07) is 15.5. The van der Waals surface area contributed by atoms with Gasteiger partial charge in [0.25, 0.3) is 5.91 Å². The summed E-state index contributed by atoms with van der Waals surface area (Å²) in [5.74, 6) is -0.0586. The highest BCUT2D eigenvalue weighted by Gasteiger charge is 2.10. The van der Waals surface area contributed by atoms with Crippen molar-refractivity contribution in [2.45, 2.75) is 32.9 Å². The molecule has 2 aromatic heterocycles. The second kappa shape index (κ2) is 7.75. The number of benzene rings is 1. The van der Waals surface area contributed by atoms with E-state index in [4.69, 9.17) is 0 Å². The highest BCUT2D eigenvalue weighted by atomic mass is 16.1. The molecule has 0 aliphatic heterocycles. The fraction of sp³-hybridized carbons (Fsp3) is 0.250. The van der Waals surface area contributed by atoms with Crippen molar-refractivity contribution >= 4 is 5.91 Å². The maximum Gasteiger partial charge on any atom is 0.251 e. The third-order valence-electron chi connectivity index (χ3n) is 4.06. The molecule has 1 N–H and O–H groups in total. The normalized spacial score (nSPS) is 11.9. The Bertz CT molecular complexity index is 825. The van der Waals surface area contributed by atoms with Crippen molar-refractivity contribution in [1.82, 2.24) is 20.1 Å². The van der Waals surface area contributed by atoms with E-state index in [1.54, 1.807) is 6.20 Å². The van der Waals surface area contributed by atoms with E-state index < -0.39 is 0 Å². The second-order valence-corrected chi connectivity index (χ2v) is 6.17. The van der Waals surface area contributed by atoms with Crippen molar-refractivity contribution in [1.29, 1.82) is 0 Å². The van der Waals surface area contributed by atoms with Crippen LogP contribution in [0.4, 0.5) is 0 Å². The van der Waals surface area contributed by atoms with Crippen LogP contribution in [0.2, 0.25) is 0 Å². The number of hydrogen-bond donors (Lipinski definition) is 1. The number of hydrogen-bond acceptors (Lipinski definition) is 3. The Morgan fingerprint density at radius 2 is 1.96 bits per heavy atom. The van der Waals surface area contributed by atoms with Crippen LogP contribution in [0.25, 0.3) is 11.3 Å². The first-order valence-electron chi connectivity index (χ1n) is 8.44. The molecule has 0 fully saturated rings. The maximum atomic E-state index is 12.4. The molecule has 0 radical (unpaired) electrons. The molecule has 0 bridgehead atoms. The summed E-state index contributed by atoms with van der Waals surface area (Å²) in [7, 11) is 0. The van der Waals surface area contributed by atoms with Gasteiger partial charge < -0.3 is 5.32 Å². The Morgan fingerprint density at radius 1 is 1.16 bits per heavy atom. The van der Waals surface area contributed by atoms with Gasteiger partial charge in [-0.2, -0.15) is 5.10 Å². The van der Waals surface area contributed by atoms with Crippen molar-refractivity contribution in [2.24, 2.45) is 0 Å². The van der Waals surface area contributed by atoms with E-state index in [0.717, 1.165) is 29.9 Å². The van der Waals surface area contributed by atoms with Crippen LogP contribution < -0.4 is 5.32 Å². The molecule has 3 rings (SSSR count). The topological polar surface area (TPSA) is 59.8 Å². The zero-order valence-electron chi connectivity index (χ0n) is 14.5. The quantitative estimate of drug-likeness (QED) is 0.751. The van der Waals surface area contributed by atoms with Gasteiger partial charge in [0.05, 0.1) is 5.69 Å². The molecule has 5 nitrogen and oxygen atoms in total. The number of aryl methyl sites for hydroxylation is 2. The molecular weight excluding hydrogens is 312 g/mol. The van der Waals surface area contributed by atoms with Crippen LogP contribution in [0.15, 0.2) is 60.9 Å². The summed E-state index contributed by atoms with van der Waals surface area (Å²) in [6.07, 6.45) is 4.51. The Balaban J connectivity index is 1.58. The van der Waals surface area contributed by atoms with Gasteiger partial charge in [0.15, 0.2) is 0 Å². The molecule has 0 aliphatic carbocycles. The molecular formula is C20H22N4O. The van der Waals surface area contributed by atoms with Crippen LogP contribution in [0.5, 0.6) is 0 Å². The van der Waals surface area contributed by atoms with Gasteiger partial charge in [-0.25, -0.2) is 0 Å². The van der Waals surface area contributed by atoms with E-state index in [1.165, 1.54) is 0 Å².